The lowest BCUT2D eigenvalue weighted by atomic mass is 10.1. The largest absolute Gasteiger partial charge is 0.339 e. The summed E-state index contributed by atoms with van der Waals surface area (Å²) >= 11 is 11.5. The van der Waals surface area contributed by atoms with Crippen LogP contribution in [0.3, 0.4) is 0 Å². The Kier molecular flexibility index (Phi) is 7.18. The molecule has 0 bridgehead atoms. The van der Waals surface area contributed by atoms with E-state index in [9.17, 15) is 9.59 Å². The number of nitrogens with zero attached hydrogens (tertiary/aromatic N) is 2. The second-order valence-electron chi connectivity index (χ2n) is 5.68. The van der Waals surface area contributed by atoms with Gasteiger partial charge in [-0.3, -0.25) is 9.59 Å². The highest BCUT2D eigenvalue weighted by atomic mass is 35.5. The molecule has 0 spiro atoms. The Labute approximate surface area is 147 Å². The minimum absolute atomic E-state index is 0.138. The minimum atomic E-state index is 0.138. The van der Waals surface area contributed by atoms with Gasteiger partial charge in [-0.25, -0.2) is 0 Å². The Morgan fingerprint density at radius 3 is 1.96 bits per heavy atom. The number of hydrogen-bond acceptors (Lipinski definition) is 2. The quantitative estimate of drug-likeness (QED) is 0.735. The maximum absolute atomic E-state index is 12.3. The molecular formula is C17H22Cl2N2O2. The number of alkyl halides is 1. The molecule has 1 aliphatic heterocycles. The number of halogens is 2. The van der Waals surface area contributed by atoms with Crippen molar-refractivity contribution in [2.24, 2.45) is 0 Å². The number of benzene rings is 1. The minimum Gasteiger partial charge on any atom is -0.339 e. The molecule has 0 aliphatic carbocycles. The molecule has 1 heterocycles. The fourth-order valence-electron chi connectivity index (χ4n) is 2.64. The number of hydrogen-bond donors (Lipinski definition) is 0. The van der Waals surface area contributed by atoms with Crippen molar-refractivity contribution in [2.45, 2.75) is 25.7 Å². The summed E-state index contributed by atoms with van der Waals surface area (Å²) in [6, 6.07) is 7.57. The van der Waals surface area contributed by atoms with E-state index >= 15 is 0 Å². The molecular weight excluding hydrogens is 335 g/mol. The molecule has 2 amide bonds. The summed E-state index contributed by atoms with van der Waals surface area (Å²) in [6.07, 6.45) is 2.40. The van der Waals surface area contributed by atoms with Crippen LogP contribution in [-0.4, -0.2) is 53.7 Å². The highest BCUT2D eigenvalue weighted by Crippen LogP contribution is 2.12. The lowest BCUT2D eigenvalue weighted by Gasteiger charge is -2.35. The van der Waals surface area contributed by atoms with Crippen LogP contribution in [-0.2, 0) is 16.0 Å². The van der Waals surface area contributed by atoms with Gasteiger partial charge >= 0.3 is 0 Å². The summed E-state index contributed by atoms with van der Waals surface area (Å²) in [7, 11) is 0. The van der Waals surface area contributed by atoms with Crippen molar-refractivity contribution in [1.82, 2.24) is 9.80 Å². The van der Waals surface area contributed by atoms with Crippen LogP contribution in [0.15, 0.2) is 24.3 Å². The Morgan fingerprint density at radius 2 is 1.43 bits per heavy atom. The van der Waals surface area contributed by atoms with Crippen molar-refractivity contribution in [1.29, 1.82) is 0 Å². The van der Waals surface area contributed by atoms with E-state index in [1.54, 1.807) is 0 Å². The Morgan fingerprint density at radius 1 is 0.913 bits per heavy atom. The molecule has 4 nitrogen and oxygen atoms in total. The number of piperazine rings is 1. The van der Waals surface area contributed by atoms with Gasteiger partial charge in [-0.1, -0.05) is 23.7 Å². The predicted octanol–water partition coefficient (Wildman–Crippen LogP) is 2.96. The molecule has 0 saturated carbocycles. The van der Waals surface area contributed by atoms with Gasteiger partial charge < -0.3 is 9.80 Å². The molecule has 0 unspecified atom stereocenters. The average molecular weight is 357 g/mol. The first-order valence-corrected chi connectivity index (χ1v) is 8.87. The van der Waals surface area contributed by atoms with Crippen LogP contribution in [0.25, 0.3) is 0 Å². The third-order valence-electron chi connectivity index (χ3n) is 4.05. The Hall–Kier alpha value is -1.26. The maximum atomic E-state index is 12.3. The van der Waals surface area contributed by atoms with Crippen LogP contribution in [0.4, 0.5) is 0 Å². The van der Waals surface area contributed by atoms with Gasteiger partial charge in [0.05, 0.1) is 0 Å². The molecule has 1 fully saturated rings. The van der Waals surface area contributed by atoms with Crippen molar-refractivity contribution in [2.75, 3.05) is 32.1 Å². The third kappa shape index (κ3) is 5.70. The van der Waals surface area contributed by atoms with E-state index in [4.69, 9.17) is 23.2 Å². The fourth-order valence-corrected chi connectivity index (χ4v) is 2.90. The number of aryl methyl sites for hydroxylation is 1. The van der Waals surface area contributed by atoms with E-state index in [-0.39, 0.29) is 11.8 Å². The summed E-state index contributed by atoms with van der Waals surface area (Å²) in [4.78, 5) is 27.9. The molecule has 126 valence electrons. The number of carbonyl (C=O) groups excluding carboxylic acids is 2. The van der Waals surface area contributed by atoms with E-state index in [0.29, 0.717) is 62.8 Å². The summed E-state index contributed by atoms with van der Waals surface area (Å²) in [5, 5.41) is 0.704. The number of rotatable bonds is 6. The molecule has 6 heteroatoms. The van der Waals surface area contributed by atoms with Crippen molar-refractivity contribution in [3.8, 4) is 0 Å². The highest BCUT2D eigenvalue weighted by Gasteiger charge is 2.23. The monoisotopic (exact) mass is 356 g/mol. The maximum Gasteiger partial charge on any atom is 0.223 e. The molecule has 0 aromatic heterocycles. The van der Waals surface area contributed by atoms with Gasteiger partial charge in [-0.15, -0.1) is 11.6 Å². The van der Waals surface area contributed by atoms with E-state index in [0.717, 1.165) is 5.56 Å². The van der Waals surface area contributed by atoms with E-state index in [1.807, 2.05) is 34.1 Å². The van der Waals surface area contributed by atoms with Gasteiger partial charge in [0.25, 0.3) is 0 Å². The Bertz CT molecular complexity index is 526. The van der Waals surface area contributed by atoms with Crippen molar-refractivity contribution < 1.29 is 9.59 Å². The van der Waals surface area contributed by atoms with E-state index in [2.05, 4.69) is 0 Å². The first-order valence-electron chi connectivity index (χ1n) is 7.96. The van der Waals surface area contributed by atoms with Crippen LogP contribution in [0, 0.1) is 0 Å². The first-order chi connectivity index (χ1) is 11.1. The first kappa shape index (κ1) is 18.1. The van der Waals surface area contributed by atoms with E-state index in [1.165, 1.54) is 0 Å². The van der Waals surface area contributed by atoms with Gasteiger partial charge in [-0.2, -0.15) is 0 Å². The number of amides is 2. The molecule has 1 aromatic rings. The van der Waals surface area contributed by atoms with Gasteiger partial charge in [0.15, 0.2) is 0 Å². The zero-order chi connectivity index (χ0) is 16.7. The van der Waals surface area contributed by atoms with Gasteiger partial charge in [-0.05, 0) is 30.5 Å². The van der Waals surface area contributed by atoms with Crippen LogP contribution in [0.2, 0.25) is 5.02 Å². The summed E-state index contributed by atoms with van der Waals surface area (Å²) in [5.74, 6) is 0.793. The van der Waals surface area contributed by atoms with Gasteiger partial charge in [0, 0.05) is 49.9 Å². The molecule has 1 aromatic carbocycles. The fraction of sp³-hybridized carbons (Fsp3) is 0.529. The normalized spacial score (nSPS) is 14.9. The second kappa shape index (κ2) is 9.14. The molecule has 0 atom stereocenters. The second-order valence-corrected chi connectivity index (χ2v) is 6.49. The molecule has 1 aliphatic rings. The summed E-state index contributed by atoms with van der Waals surface area (Å²) < 4.78 is 0. The predicted molar refractivity (Wildman–Crippen MR) is 92.9 cm³/mol. The standard InChI is InChI=1S/C17H22Cl2N2O2/c18-9-1-2-16(22)20-10-12-21(13-11-20)17(23)8-5-14-3-6-15(19)7-4-14/h3-4,6-7H,1-2,5,8-13H2. The van der Waals surface area contributed by atoms with Crippen LogP contribution in [0.5, 0.6) is 0 Å². The van der Waals surface area contributed by atoms with Gasteiger partial charge in [0.1, 0.15) is 0 Å². The average Bonchev–Trinajstić information content (AvgIpc) is 2.59. The van der Waals surface area contributed by atoms with Crippen LogP contribution < -0.4 is 0 Å². The lowest BCUT2D eigenvalue weighted by Crippen LogP contribution is -2.50. The Balaban J connectivity index is 1.73. The summed E-state index contributed by atoms with van der Waals surface area (Å²) in [6.45, 7) is 2.47. The zero-order valence-electron chi connectivity index (χ0n) is 13.1. The molecule has 1 saturated heterocycles. The zero-order valence-corrected chi connectivity index (χ0v) is 14.7. The number of carbonyl (C=O) groups is 2. The third-order valence-corrected chi connectivity index (χ3v) is 4.57. The molecule has 0 radical (unpaired) electrons. The van der Waals surface area contributed by atoms with Crippen molar-refractivity contribution >= 4 is 35.0 Å². The smallest absolute Gasteiger partial charge is 0.223 e. The van der Waals surface area contributed by atoms with Gasteiger partial charge in [0.2, 0.25) is 11.8 Å². The van der Waals surface area contributed by atoms with Crippen molar-refractivity contribution in [3.63, 3.8) is 0 Å². The summed E-state index contributed by atoms with van der Waals surface area (Å²) in [5.41, 5.74) is 1.11. The van der Waals surface area contributed by atoms with E-state index < -0.39 is 0 Å². The topological polar surface area (TPSA) is 40.6 Å². The molecule has 2 rings (SSSR count). The lowest BCUT2D eigenvalue weighted by molar-refractivity contribution is -0.139. The molecule has 0 N–H and O–H groups in total. The SMILES string of the molecule is O=C(CCCCl)N1CCN(C(=O)CCc2ccc(Cl)cc2)CC1. The van der Waals surface area contributed by atoms with Crippen molar-refractivity contribution in [3.05, 3.63) is 34.9 Å². The van der Waals surface area contributed by atoms with Crippen LogP contribution in [0.1, 0.15) is 24.8 Å². The highest BCUT2D eigenvalue weighted by molar-refractivity contribution is 6.30. The van der Waals surface area contributed by atoms with Crippen LogP contribution >= 0.6 is 23.2 Å². The molecule has 23 heavy (non-hydrogen) atoms.